The molecule has 1 fully saturated rings. The summed E-state index contributed by atoms with van der Waals surface area (Å²) in [6, 6.07) is 12.8. The molecule has 1 unspecified atom stereocenters. The zero-order chi connectivity index (χ0) is 21.3. The second-order valence-corrected chi connectivity index (χ2v) is 6.84. The molecule has 150 valence electrons. The maximum atomic E-state index is 13.5. The van der Waals surface area contributed by atoms with Crippen molar-refractivity contribution in [2.75, 3.05) is 0 Å². The zero-order valence-electron chi connectivity index (χ0n) is 15.6. The highest BCUT2D eigenvalue weighted by molar-refractivity contribution is 6.46. The van der Waals surface area contributed by atoms with Gasteiger partial charge in [-0.05, 0) is 59.7 Å². The van der Waals surface area contributed by atoms with Gasteiger partial charge >= 0.3 is 0 Å². The molecule has 0 saturated carbocycles. The fourth-order valence-electron chi connectivity index (χ4n) is 3.48. The monoisotopic (exact) mass is 406 g/mol. The Labute approximate surface area is 170 Å². The first-order valence-corrected chi connectivity index (χ1v) is 9.14. The maximum absolute atomic E-state index is 13.5. The van der Waals surface area contributed by atoms with Gasteiger partial charge in [-0.2, -0.15) is 0 Å². The number of halogens is 2. The van der Waals surface area contributed by atoms with Crippen molar-refractivity contribution >= 4 is 17.4 Å². The molecule has 1 aliphatic heterocycles. The summed E-state index contributed by atoms with van der Waals surface area (Å²) in [6.07, 6.45) is 3.13. The Morgan fingerprint density at radius 2 is 1.47 bits per heavy atom. The molecule has 1 saturated heterocycles. The van der Waals surface area contributed by atoms with Crippen LogP contribution in [0.2, 0.25) is 0 Å². The van der Waals surface area contributed by atoms with Crippen molar-refractivity contribution in [2.24, 2.45) is 0 Å². The predicted molar refractivity (Wildman–Crippen MR) is 105 cm³/mol. The highest BCUT2D eigenvalue weighted by Gasteiger charge is 2.46. The minimum atomic E-state index is -0.927. The number of likely N-dealkylation sites (tertiary alicyclic amines) is 1. The van der Waals surface area contributed by atoms with E-state index >= 15 is 0 Å². The number of nitrogens with zero attached hydrogens (tertiary/aromatic N) is 2. The van der Waals surface area contributed by atoms with Gasteiger partial charge < -0.3 is 10.0 Å². The van der Waals surface area contributed by atoms with Crippen LogP contribution in [0.1, 0.15) is 22.7 Å². The summed E-state index contributed by atoms with van der Waals surface area (Å²) >= 11 is 0. The molecule has 1 N–H and O–H groups in total. The Morgan fingerprint density at radius 3 is 2.07 bits per heavy atom. The van der Waals surface area contributed by atoms with Gasteiger partial charge in [-0.25, -0.2) is 8.78 Å². The molecule has 2 aromatic carbocycles. The van der Waals surface area contributed by atoms with E-state index < -0.39 is 35.1 Å². The number of Topliss-reactive ketones (excluding diaryl/α,β-unsaturated/α-hetero) is 1. The van der Waals surface area contributed by atoms with Gasteiger partial charge in [0.15, 0.2) is 0 Å². The van der Waals surface area contributed by atoms with Crippen LogP contribution >= 0.6 is 0 Å². The molecular formula is C23H16F2N2O3. The summed E-state index contributed by atoms with van der Waals surface area (Å²) < 4.78 is 26.8. The summed E-state index contributed by atoms with van der Waals surface area (Å²) in [7, 11) is 0. The van der Waals surface area contributed by atoms with E-state index in [4.69, 9.17) is 0 Å². The third-order valence-electron chi connectivity index (χ3n) is 4.95. The molecule has 7 heteroatoms. The lowest BCUT2D eigenvalue weighted by molar-refractivity contribution is -0.140. The lowest BCUT2D eigenvalue weighted by Crippen LogP contribution is -2.29. The summed E-state index contributed by atoms with van der Waals surface area (Å²) in [4.78, 5) is 31.0. The average molecular weight is 406 g/mol. The van der Waals surface area contributed by atoms with Gasteiger partial charge in [-0.15, -0.1) is 0 Å². The molecule has 0 radical (unpaired) electrons. The summed E-state index contributed by atoms with van der Waals surface area (Å²) in [5, 5.41) is 10.8. The van der Waals surface area contributed by atoms with Crippen LogP contribution in [-0.2, 0) is 16.1 Å². The van der Waals surface area contributed by atoms with Crippen molar-refractivity contribution in [3.8, 4) is 0 Å². The topological polar surface area (TPSA) is 70.5 Å². The molecular weight excluding hydrogens is 390 g/mol. The van der Waals surface area contributed by atoms with Gasteiger partial charge in [0.1, 0.15) is 17.4 Å². The first-order chi connectivity index (χ1) is 14.5. The number of aliphatic hydroxyl groups excluding tert-OH is 1. The van der Waals surface area contributed by atoms with Crippen LogP contribution in [0, 0.1) is 11.6 Å². The smallest absolute Gasteiger partial charge is 0.295 e. The number of amides is 1. The number of aromatic nitrogens is 1. The van der Waals surface area contributed by atoms with Crippen LogP contribution < -0.4 is 0 Å². The van der Waals surface area contributed by atoms with E-state index in [2.05, 4.69) is 4.98 Å². The molecule has 1 atom stereocenters. The van der Waals surface area contributed by atoms with Crippen LogP contribution in [0.5, 0.6) is 0 Å². The molecule has 2 heterocycles. The number of carbonyl (C=O) groups is 2. The Kier molecular flexibility index (Phi) is 5.10. The Hall–Kier alpha value is -3.87. The van der Waals surface area contributed by atoms with Crippen LogP contribution in [0.25, 0.3) is 5.76 Å². The number of carbonyl (C=O) groups excluding carboxylic acids is 2. The molecule has 0 aliphatic carbocycles. The molecule has 0 bridgehead atoms. The van der Waals surface area contributed by atoms with E-state index in [0.717, 1.165) is 17.7 Å². The van der Waals surface area contributed by atoms with E-state index in [1.54, 1.807) is 24.5 Å². The Morgan fingerprint density at radius 1 is 0.900 bits per heavy atom. The minimum Gasteiger partial charge on any atom is -0.507 e. The third-order valence-corrected chi connectivity index (χ3v) is 4.95. The quantitative estimate of drug-likeness (QED) is 0.404. The lowest BCUT2D eigenvalue weighted by atomic mass is 9.95. The van der Waals surface area contributed by atoms with Crippen LogP contribution in [0.4, 0.5) is 8.78 Å². The van der Waals surface area contributed by atoms with Crippen LogP contribution in [-0.4, -0.2) is 26.7 Å². The Balaban J connectivity index is 1.85. The van der Waals surface area contributed by atoms with Crippen molar-refractivity contribution in [1.82, 2.24) is 9.88 Å². The Bertz CT molecular complexity index is 1130. The summed E-state index contributed by atoms with van der Waals surface area (Å²) in [5.41, 5.74) is 1.27. The fraction of sp³-hybridized carbons (Fsp3) is 0.0870. The number of pyridine rings is 1. The number of aliphatic hydroxyl groups is 1. The molecule has 1 aliphatic rings. The van der Waals surface area contributed by atoms with E-state index in [1.807, 2.05) is 0 Å². The van der Waals surface area contributed by atoms with Gasteiger partial charge in [0.25, 0.3) is 11.7 Å². The van der Waals surface area contributed by atoms with E-state index in [9.17, 15) is 23.5 Å². The number of benzene rings is 2. The van der Waals surface area contributed by atoms with E-state index in [0.29, 0.717) is 5.56 Å². The van der Waals surface area contributed by atoms with E-state index in [-0.39, 0.29) is 17.7 Å². The predicted octanol–water partition coefficient (Wildman–Crippen LogP) is 3.98. The molecule has 1 aromatic heterocycles. The van der Waals surface area contributed by atoms with Gasteiger partial charge in [0.2, 0.25) is 0 Å². The fourth-order valence-corrected chi connectivity index (χ4v) is 3.48. The molecule has 5 nitrogen and oxygen atoms in total. The zero-order valence-corrected chi connectivity index (χ0v) is 15.6. The summed E-state index contributed by atoms with van der Waals surface area (Å²) in [5.74, 6) is -3.03. The van der Waals surface area contributed by atoms with Crippen molar-refractivity contribution in [3.63, 3.8) is 0 Å². The molecule has 1 amide bonds. The second-order valence-electron chi connectivity index (χ2n) is 6.84. The van der Waals surface area contributed by atoms with Crippen molar-refractivity contribution < 1.29 is 23.5 Å². The first-order valence-electron chi connectivity index (χ1n) is 9.14. The normalized spacial score (nSPS) is 18.1. The first kappa shape index (κ1) is 19.4. The second kappa shape index (κ2) is 7.87. The standard InChI is InChI=1S/C23H16F2N2O3/c24-17-5-1-15(2-6-17)20-19(21(28)16-3-7-18(25)8-4-16)22(29)23(30)27(20)13-14-9-11-26-12-10-14/h1-12,20,28H,13H2/b21-19+. The number of ketones is 1. The maximum Gasteiger partial charge on any atom is 0.295 e. The van der Waals surface area contributed by atoms with Crippen molar-refractivity contribution in [2.45, 2.75) is 12.6 Å². The van der Waals surface area contributed by atoms with Crippen LogP contribution in [0.3, 0.4) is 0 Å². The number of rotatable bonds is 4. The third kappa shape index (κ3) is 3.57. The van der Waals surface area contributed by atoms with Crippen LogP contribution in [0.15, 0.2) is 78.6 Å². The molecule has 3 aromatic rings. The van der Waals surface area contributed by atoms with Gasteiger partial charge in [-0.3, -0.25) is 14.6 Å². The van der Waals surface area contributed by atoms with Gasteiger partial charge in [0.05, 0.1) is 11.6 Å². The lowest BCUT2D eigenvalue weighted by Gasteiger charge is -2.25. The SMILES string of the molecule is O=C1C(=O)N(Cc2ccncc2)C(c2ccc(F)cc2)/C1=C(\O)c1ccc(F)cc1. The highest BCUT2D eigenvalue weighted by Crippen LogP contribution is 2.40. The van der Waals surface area contributed by atoms with Crippen molar-refractivity contribution in [3.05, 3.63) is 107 Å². The highest BCUT2D eigenvalue weighted by atomic mass is 19.1. The molecule has 30 heavy (non-hydrogen) atoms. The number of hydrogen-bond acceptors (Lipinski definition) is 4. The van der Waals surface area contributed by atoms with E-state index in [1.165, 1.54) is 41.3 Å². The minimum absolute atomic E-state index is 0.0926. The largest absolute Gasteiger partial charge is 0.507 e. The molecule has 4 rings (SSSR count). The summed E-state index contributed by atoms with van der Waals surface area (Å²) in [6.45, 7) is 0.0926. The van der Waals surface area contributed by atoms with Gasteiger partial charge in [0, 0.05) is 24.5 Å². The number of hydrogen-bond donors (Lipinski definition) is 1. The average Bonchev–Trinajstić information content (AvgIpc) is 3.00. The molecule has 0 spiro atoms. The van der Waals surface area contributed by atoms with Crippen molar-refractivity contribution in [1.29, 1.82) is 0 Å². The van der Waals surface area contributed by atoms with Gasteiger partial charge in [-0.1, -0.05) is 12.1 Å².